The minimum absolute atomic E-state index is 0.0338. The van der Waals surface area contributed by atoms with Crippen LogP contribution in [0.1, 0.15) is 54.1 Å². The molecule has 39 heavy (non-hydrogen) atoms. The molecule has 11 heteroatoms. The number of fused-ring (bicyclic) bond motifs is 1. The highest BCUT2D eigenvalue weighted by Gasteiger charge is 2.35. The molecule has 2 aromatic carbocycles. The molecule has 0 radical (unpaired) electrons. The first-order valence-electron chi connectivity index (χ1n) is 12.9. The van der Waals surface area contributed by atoms with Crippen molar-refractivity contribution in [1.82, 2.24) is 24.8 Å². The molecule has 1 aromatic heterocycles. The number of piperazine rings is 1. The van der Waals surface area contributed by atoms with Crippen LogP contribution < -0.4 is 4.90 Å². The number of aromatic nitrogens is 3. The summed E-state index contributed by atoms with van der Waals surface area (Å²) in [4.78, 5) is 42.5. The number of hydrogen-bond donors (Lipinski definition) is 0. The SMILES string of the molecule is CC(C)C(C)(C)OC(=O)N1CCN(c2ccc(-n3cc(CN4C(=O)c5ccccc5C4=O)nn3)cc2F)CC1. The monoisotopic (exact) mass is 534 g/mol. The molecular weight excluding hydrogens is 503 g/mol. The number of carbonyl (C=O) groups excluding carboxylic acids is 3. The molecule has 3 aromatic rings. The number of imide groups is 1. The summed E-state index contributed by atoms with van der Waals surface area (Å²) in [6.45, 7) is 9.57. The molecule has 2 aliphatic heterocycles. The first-order valence-corrected chi connectivity index (χ1v) is 12.9. The molecule has 0 N–H and O–H groups in total. The van der Waals surface area contributed by atoms with E-state index in [0.717, 1.165) is 4.90 Å². The van der Waals surface area contributed by atoms with Crippen LogP contribution in [0.15, 0.2) is 48.7 Å². The van der Waals surface area contributed by atoms with Crippen molar-refractivity contribution in [2.24, 2.45) is 5.92 Å². The Labute approximate surface area is 225 Å². The number of anilines is 1. The Morgan fingerprint density at radius 3 is 2.26 bits per heavy atom. The Morgan fingerprint density at radius 1 is 1.03 bits per heavy atom. The number of nitrogens with zero attached hydrogens (tertiary/aromatic N) is 6. The summed E-state index contributed by atoms with van der Waals surface area (Å²) in [6.07, 6.45) is 1.22. The lowest BCUT2D eigenvalue weighted by molar-refractivity contribution is -0.0155. The Bertz CT molecular complexity index is 1390. The van der Waals surface area contributed by atoms with Gasteiger partial charge in [-0.15, -0.1) is 5.10 Å². The number of carbonyl (C=O) groups is 3. The van der Waals surface area contributed by atoms with E-state index in [1.54, 1.807) is 47.5 Å². The largest absolute Gasteiger partial charge is 0.443 e. The second-order valence-corrected chi connectivity index (χ2v) is 10.6. The minimum atomic E-state index is -0.568. The third kappa shape index (κ3) is 5.08. The van der Waals surface area contributed by atoms with Crippen LogP contribution >= 0.6 is 0 Å². The van der Waals surface area contributed by atoms with E-state index in [1.807, 2.05) is 32.6 Å². The number of ether oxygens (including phenoxy) is 1. The molecule has 3 heterocycles. The predicted octanol–water partition coefficient (Wildman–Crippen LogP) is 3.90. The zero-order valence-electron chi connectivity index (χ0n) is 22.4. The van der Waals surface area contributed by atoms with Gasteiger partial charge in [-0.3, -0.25) is 14.5 Å². The average Bonchev–Trinajstić information content (AvgIpc) is 3.48. The smallest absolute Gasteiger partial charge is 0.410 e. The summed E-state index contributed by atoms with van der Waals surface area (Å²) in [5.41, 5.74) is 1.45. The summed E-state index contributed by atoms with van der Waals surface area (Å²) >= 11 is 0. The highest BCUT2D eigenvalue weighted by atomic mass is 19.1. The van der Waals surface area contributed by atoms with Gasteiger partial charge in [-0.1, -0.05) is 31.2 Å². The molecule has 0 aliphatic carbocycles. The Kier molecular flexibility index (Phi) is 6.83. The molecule has 0 unspecified atom stereocenters. The van der Waals surface area contributed by atoms with Crippen LogP contribution in [0.25, 0.3) is 5.69 Å². The first kappa shape index (κ1) is 26.3. The van der Waals surface area contributed by atoms with Gasteiger partial charge in [0.2, 0.25) is 0 Å². The number of hydrogen-bond acceptors (Lipinski definition) is 7. The van der Waals surface area contributed by atoms with Crippen molar-refractivity contribution in [3.05, 3.63) is 71.3 Å². The molecule has 0 spiro atoms. The summed E-state index contributed by atoms with van der Waals surface area (Å²) in [5.74, 6) is -1.00. The van der Waals surface area contributed by atoms with E-state index in [9.17, 15) is 14.4 Å². The van der Waals surface area contributed by atoms with Crippen LogP contribution in [-0.4, -0.2) is 74.5 Å². The fraction of sp³-hybridized carbons (Fsp3) is 0.393. The number of halogens is 1. The minimum Gasteiger partial charge on any atom is -0.443 e. The maximum atomic E-state index is 15.2. The lowest BCUT2D eigenvalue weighted by Gasteiger charge is -2.38. The molecule has 0 saturated carbocycles. The second kappa shape index (κ2) is 10.1. The quantitative estimate of drug-likeness (QED) is 0.442. The third-order valence-corrected chi connectivity index (χ3v) is 7.55. The van der Waals surface area contributed by atoms with Crippen LogP contribution in [0.4, 0.5) is 14.9 Å². The average molecular weight is 535 g/mol. The first-order chi connectivity index (χ1) is 18.5. The van der Waals surface area contributed by atoms with Gasteiger partial charge >= 0.3 is 6.09 Å². The van der Waals surface area contributed by atoms with E-state index in [4.69, 9.17) is 4.74 Å². The van der Waals surface area contributed by atoms with E-state index in [0.29, 0.717) is 54.4 Å². The highest BCUT2D eigenvalue weighted by molar-refractivity contribution is 6.21. The predicted molar refractivity (Wildman–Crippen MR) is 141 cm³/mol. The van der Waals surface area contributed by atoms with E-state index in [1.165, 1.54) is 10.7 Å². The van der Waals surface area contributed by atoms with Crippen LogP contribution in [0.3, 0.4) is 0 Å². The van der Waals surface area contributed by atoms with E-state index >= 15 is 4.39 Å². The topological polar surface area (TPSA) is 101 Å². The van der Waals surface area contributed by atoms with E-state index in [2.05, 4.69) is 10.3 Å². The maximum absolute atomic E-state index is 15.2. The van der Waals surface area contributed by atoms with Crippen molar-refractivity contribution in [3.63, 3.8) is 0 Å². The summed E-state index contributed by atoms with van der Waals surface area (Å²) in [7, 11) is 0. The van der Waals surface area contributed by atoms with Gasteiger partial charge < -0.3 is 14.5 Å². The lowest BCUT2D eigenvalue weighted by atomic mass is 9.95. The molecule has 10 nitrogen and oxygen atoms in total. The normalized spacial score (nSPS) is 15.8. The summed E-state index contributed by atoms with van der Waals surface area (Å²) in [5, 5.41) is 8.14. The number of rotatable bonds is 6. The Balaban J connectivity index is 1.22. The van der Waals surface area contributed by atoms with Gasteiger partial charge in [-0.2, -0.15) is 0 Å². The lowest BCUT2D eigenvalue weighted by Crippen LogP contribution is -2.51. The molecule has 2 aliphatic rings. The fourth-order valence-corrected chi connectivity index (χ4v) is 4.47. The fourth-order valence-electron chi connectivity index (χ4n) is 4.47. The van der Waals surface area contributed by atoms with E-state index < -0.39 is 11.4 Å². The van der Waals surface area contributed by atoms with Crippen LogP contribution in [0.2, 0.25) is 0 Å². The van der Waals surface area contributed by atoms with E-state index in [-0.39, 0.29) is 30.4 Å². The van der Waals surface area contributed by atoms with Crippen molar-refractivity contribution >= 4 is 23.6 Å². The van der Waals surface area contributed by atoms with Gasteiger partial charge in [0, 0.05) is 32.2 Å². The zero-order valence-corrected chi connectivity index (χ0v) is 22.4. The van der Waals surface area contributed by atoms with Gasteiger partial charge in [0.25, 0.3) is 11.8 Å². The number of amides is 3. The van der Waals surface area contributed by atoms with Crippen LogP contribution in [-0.2, 0) is 11.3 Å². The van der Waals surface area contributed by atoms with Crippen LogP contribution in [0.5, 0.6) is 0 Å². The highest BCUT2D eigenvalue weighted by Crippen LogP contribution is 2.27. The molecule has 204 valence electrons. The van der Waals surface area contributed by atoms with Gasteiger partial charge in [-0.25, -0.2) is 13.9 Å². The van der Waals surface area contributed by atoms with Gasteiger partial charge in [-0.05, 0) is 44.0 Å². The van der Waals surface area contributed by atoms with Gasteiger partial charge in [0.1, 0.15) is 17.1 Å². The van der Waals surface area contributed by atoms with Gasteiger partial charge in [0.15, 0.2) is 0 Å². The van der Waals surface area contributed by atoms with Crippen LogP contribution in [0, 0.1) is 11.7 Å². The summed E-state index contributed by atoms with van der Waals surface area (Å²) < 4.78 is 22.3. The van der Waals surface area contributed by atoms with Crippen molar-refractivity contribution in [3.8, 4) is 5.69 Å². The zero-order chi connectivity index (χ0) is 27.9. The second-order valence-electron chi connectivity index (χ2n) is 10.6. The molecular formula is C28H31FN6O4. The van der Waals surface area contributed by atoms with Crippen molar-refractivity contribution in [1.29, 1.82) is 0 Å². The standard InChI is InChI=1S/C28H31FN6O4/c1-18(2)28(3,4)39-27(38)33-13-11-32(12-14-33)24-10-9-20(15-23(24)29)35-17-19(30-31-35)16-34-25(36)21-7-5-6-8-22(21)26(34)37/h5-10,15,17-18H,11-14,16H2,1-4H3. The van der Waals surface area contributed by atoms with Crippen molar-refractivity contribution < 1.29 is 23.5 Å². The van der Waals surface area contributed by atoms with Gasteiger partial charge in [0.05, 0.1) is 35.2 Å². The molecule has 1 saturated heterocycles. The Hall–Kier alpha value is -4.28. The number of benzene rings is 2. The third-order valence-electron chi connectivity index (χ3n) is 7.55. The molecule has 5 rings (SSSR count). The molecule has 3 amide bonds. The maximum Gasteiger partial charge on any atom is 0.410 e. The van der Waals surface area contributed by atoms with Crippen molar-refractivity contribution in [2.45, 2.75) is 39.8 Å². The summed E-state index contributed by atoms with van der Waals surface area (Å²) in [6, 6.07) is 11.4. The molecule has 0 bridgehead atoms. The Morgan fingerprint density at radius 2 is 1.67 bits per heavy atom. The molecule has 1 fully saturated rings. The van der Waals surface area contributed by atoms with Crippen molar-refractivity contribution in [2.75, 3.05) is 31.1 Å². The molecule has 0 atom stereocenters.